The largest absolute Gasteiger partial charge is 0.0843 e. The molecule has 1 atom stereocenters. The monoisotopic (exact) mass is 208 g/mol. The van der Waals surface area contributed by atoms with Gasteiger partial charge in [0.25, 0.3) is 0 Å². The molecule has 0 saturated heterocycles. The van der Waals surface area contributed by atoms with Crippen LogP contribution in [-0.2, 0) is 6.42 Å². The molecule has 1 saturated carbocycles. The molecule has 0 spiro atoms. The minimum absolute atomic E-state index is 0.838. The Kier molecular flexibility index (Phi) is 3.12. The van der Waals surface area contributed by atoms with Gasteiger partial charge in [0, 0.05) is 5.02 Å². The van der Waals surface area contributed by atoms with Gasteiger partial charge < -0.3 is 0 Å². The zero-order chi connectivity index (χ0) is 9.97. The van der Waals surface area contributed by atoms with Gasteiger partial charge in [0.05, 0.1) is 0 Å². The Morgan fingerprint density at radius 3 is 2.43 bits per heavy atom. The molecule has 0 bridgehead atoms. The summed E-state index contributed by atoms with van der Waals surface area (Å²) < 4.78 is 0. The van der Waals surface area contributed by atoms with Gasteiger partial charge in [0.15, 0.2) is 0 Å². The third-order valence-electron chi connectivity index (χ3n) is 3.43. The van der Waals surface area contributed by atoms with Crippen LogP contribution in [0.2, 0.25) is 5.02 Å². The molecule has 0 heterocycles. The molecule has 1 unspecified atom stereocenters. The fourth-order valence-corrected chi connectivity index (χ4v) is 2.29. The summed E-state index contributed by atoms with van der Waals surface area (Å²) in [6, 6.07) is 8.28. The highest BCUT2D eigenvalue weighted by Gasteiger charge is 2.23. The van der Waals surface area contributed by atoms with Crippen LogP contribution in [0.15, 0.2) is 24.3 Å². The Bertz CT molecular complexity index is 285. The number of rotatable bonds is 3. The third kappa shape index (κ3) is 2.30. The van der Waals surface area contributed by atoms with Crippen molar-refractivity contribution in [2.45, 2.75) is 32.6 Å². The second kappa shape index (κ2) is 4.35. The maximum atomic E-state index is 5.85. The molecule has 1 aromatic carbocycles. The van der Waals surface area contributed by atoms with Gasteiger partial charge in [-0.05, 0) is 36.0 Å². The molecule has 1 aliphatic carbocycles. The van der Waals surface area contributed by atoms with Crippen molar-refractivity contribution in [2.75, 3.05) is 0 Å². The van der Waals surface area contributed by atoms with Crippen LogP contribution in [0.25, 0.3) is 0 Å². The summed E-state index contributed by atoms with van der Waals surface area (Å²) in [6.45, 7) is 2.37. The predicted octanol–water partition coefficient (Wildman–Crippen LogP) is 4.32. The SMILES string of the molecule is CC(Cc1ccc(Cl)cc1)C1CCC1. The van der Waals surface area contributed by atoms with E-state index >= 15 is 0 Å². The third-order valence-corrected chi connectivity index (χ3v) is 3.68. The predicted molar refractivity (Wildman–Crippen MR) is 61.7 cm³/mol. The minimum Gasteiger partial charge on any atom is -0.0843 e. The number of hydrogen-bond donors (Lipinski definition) is 0. The first-order valence-corrected chi connectivity index (χ1v) is 5.88. The second-order valence-corrected chi connectivity index (χ2v) is 4.94. The van der Waals surface area contributed by atoms with Crippen molar-refractivity contribution in [3.63, 3.8) is 0 Å². The van der Waals surface area contributed by atoms with E-state index in [1.54, 1.807) is 0 Å². The van der Waals surface area contributed by atoms with Gasteiger partial charge in [-0.25, -0.2) is 0 Å². The van der Waals surface area contributed by atoms with Crippen LogP contribution in [-0.4, -0.2) is 0 Å². The summed E-state index contributed by atoms with van der Waals surface area (Å²) in [4.78, 5) is 0. The van der Waals surface area contributed by atoms with Crippen LogP contribution in [0.5, 0.6) is 0 Å². The fraction of sp³-hybridized carbons (Fsp3) is 0.538. The van der Waals surface area contributed by atoms with Crippen LogP contribution >= 0.6 is 11.6 Å². The summed E-state index contributed by atoms with van der Waals surface area (Å²) >= 11 is 5.85. The highest BCUT2D eigenvalue weighted by molar-refractivity contribution is 6.30. The Morgan fingerprint density at radius 2 is 1.93 bits per heavy atom. The molecule has 1 aliphatic rings. The quantitative estimate of drug-likeness (QED) is 0.694. The lowest BCUT2D eigenvalue weighted by molar-refractivity contribution is 0.219. The van der Waals surface area contributed by atoms with Gasteiger partial charge in [-0.15, -0.1) is 0 Å². The summed E-state index contributed by atoms with van der Waals surface area (Å²) in [7, 11) is 0. The Hall–Kier alpha value is -0.490. The molecule has 0 aromatic heterocycles. The normalized spacial score (nSPS) is 19.0. The summed E-state index contributed by atoms with van der Waals surface area (Å²) in [5, 5.41) is 0.838. The van der Waals surface area contributed by atoms with E-state index in [2.05, 4.69) is 19.1 Å². The zero-order valence-electron chi connectivity index (χ0n) is 8.67. The average molecular weight is 209 g/mol. The first-order valence-electron chi connectivity index (χ1n) is 5.50. The topological polar surface area (TPSA) is 0 Å². The second-order valence-electron chi connectivity index (χ2n) is 4.50. The van der Waals surface area contributed by atoms with Crippen LogP contribution in [0.4, 0.5) is 0 Å². The lowest BCUT2D eigenvalue weighted by atomic mass is 9.74. The van der Waals surface area contributed by atoms with E-state index in [1.165, 1.54) is 31.2 Å². The molecular formula is C13H17Cl. The van der Waals surface area contributed by atoms with E-state index in [0.717, 1.165) is 16.9 Å². The lowest BCUT2D eigenvalue weighted by Gasteiger charge is -2.31. The van der Waals surface area contributed by atoms with Gasteiger partial charge in [0.1, 0.15) is 0 Å². The van der Waals surface area contributed by atoms with Gasteiger partial charge in [-0.3, -0.25) is 0 Å². The van der Waals surface area contributed by atoms with Crippen molar-refractivity contribution in [1.82, 2.24) is 0 Å². The molecule has 76 valence electrons. The molecule has 0 amide bonds. The first-order chi connectivity index (χ1) is 6.75. The van der Waals surface area contributed by atoms with E-state index < -0.39 is 0 Å². The van der Waals surface area contributed by atoms with Gasteiger partial charge in [-0.1, -0.05) is 49.9 Å². The summed E-state index contributed by atoms with van der Waals surface area (Å²) in [5.41, 5.74) is 1.42. The van der Waals surface area contributed by atoms with E-state index in [-0.39, 0.29) is 0 Å². The Labute approximate surface area is 91.3 Å². The van der Waals surface area contributed by atoms with Gasteiger partial charge in [0.2, 0.25) is 0 Å². The van der Waals surface area contributed by atoms with Crippen LogP contribution in [0.3, 0.4) is 0 Å². The van der Waals surface area contributed by atoms with Gasteiger partial charge in [-0.2, -0.15) is 0 Å². The average Bonchev–Trinajstić information content (AvgIpc) is 2.06. The number of hydrogen-bond acceptors (Lipinski definition) is 0. The molecule has 1 heteroatoms. The Morgan fingerprint density at radius 1 is 1.29 bits per heavy atom. The Balaban J connectivity index is 1.92. The molecule has 14 heavy (non-hydrogen) atoms. The number of halogens is 1. The lowest BCUT2D eigenvalue weighted by Crippen LogP contribution is -2.21. The maximum Gasteiger partial charge on any atom is 0.0406 e. The van der Waals surface area contributed by atoms with Crippen LogP contribution in [0.1, 0.15) is 31.7 Å². The van der Waals surface area contributed by atoms with Crippen molar-refractivity contribution >= 4 is 11.6 Å². The number of benzene rings is 1. The molecule has 1 aromatic rings. The molecule has 0 nitrogen and oxygen atoms in total. The molecule has 0 radical (unpaired) electrons. The van der Waals surface area contributed by atoms with E-state index in [1.807, 2.05) is 12.1 Å². The highest BCUT2D eigenvalue weighted by Crippen LogP contribution is 2.34. The molecule has 0 N–H and O–H groups in total. The molecular weight excluding hydrogens is 192 g/mol. The first kappa shape index (κ1) is 10.0. The summed E-state index contributed by atoms with van der Waals surface area (Å²) in [5.74, 6) is 1.82. The summed E-state index contributed by atoms with van der Waals surface area (Å²) in [6.07, 6.45) is 5.53. The van der Waals surface area contributed by atoms with E-state index in [9.17, 15) is 0 Å². The van der Waals surface area contributed by atoms with Crippen molar-refractivity contribution in [3.8, 4) is 0 Å². The van der Waals surface area contributed by atoms with Crippen molar-refractivity contribution in [1.29, 1.82) is 0 Å². The smallest absolute Gasteiger partial charge is 0.0406 e. The van der Waals surface area contributed by atoms with Gasteiger partial charge >= 0.3 is 0 Å². The van der Waals surface area contributed by atoms with E-state index in [0.29, 0.717) is 0 Å². The van der Waals surface area contributed by atoms with Crippen molar-refractivity contribution in [3.05, 3.63) is 34.9 Å². The molecule has 1 fully saturated rings. The zero-order valence-corrected chi connectivity index (χ0v) is 9.43. The van der Waals surface area contributed by atoms with Crippen molar-refractivity contribution < 1.29 is 0 Å². The van der Waals surface area contributed by atoms with Crippen LogP contribution in [0, 0.1) is 11.8 Å². The maximum absolute atomic E-state index is 5.85. The fourth-order valence-electron chi connectivity index (χ4n) is 2.17. The standard InChI is InChI=1S/C13H17Cl/c1-10(12-3-2-4-12)9-11-5-7-13(14)8-6-11/h5-8,10,12H,2-4,9H2,1H3. The van der Waals surface area contributed by atoms with Crippen LogP contribution < -0.4 is 0 Å². The van der Waals surface area contributed by atoms with Crippen molar-refractivity contribution in [2.24, 2.45) is 11.8 Å². The molecule has 2 rings (SSSR count). The minimum atomic E-state index is 0.838. The highest BCUT2D eigenvalue weighted by atomic mass is 35.5. The molecule has 0 aliphatic heterocycles. The van der Waals surface area contributed by atoms with E-state index in [4.69, 9.17) is 11.6 Å².